The van der Waals surface area contributed by atoms with Crippen LogP contribution in [-0.4, -0.2) is 24.1 Å². The van der Waals surface area contributed by atoms with E-state index in [4.69, 9.17) is 0 Å². The zero-order chi connectivity index (χ0) is 12.0. The van der Waals surface area contributed by atoms with Crippen LogP contribution in [0.5, 0.6) is 0 Å². The average Bonchev–Trinajstić information content (AvgIpc) is 2.36. The Morgan fingerprint density at radius 3 is 2.00 bits per heavy atom. The summed E-state index contributed by atoms with van der Waals surface area (Å²) in [7, 11) is 0. The van der Waals surface area contributed by atoms with Gasteiger partial charge in [-0.1, -0.05) is 0 Å². The predicted molar refractivity (Wildman–Crippen MR) is 79.0 cm³/mol. The Balaban J connectivity index is 1.38. The first-order chi connectivity index (χ1) is 8.81. The van der Waals surface area contributed by atoms with Gasteiger partial charge in [0, 0.05) is 12.6 Å². The van der Waals surface area contributed by atoms with Crippen LogP contribution >= 0.6 is 11.8 Å². The predicted octanol–water partition coefficient (Wildman–Crippen LogP) is 3.69. The van der Waals surface area contributed by atoms with Crippen LogP contribution in [0.15, 0.2) is 0 Å². The summed E-state index contributed by atoms with van der Waals surface area (Å²) in [5, 5.41) is 3.97. The Morgan fingerprint density at radius 2 is 1.44 bits per heavy atom. The minimum absolute atomic E-state index is 0.735. The molecule has 5 fully saturated rings. The van der Waals surface area contributed by atoms with E-state index in [0.717, 1.165) is 29.2 Å². The molecule has 18 heavy (non-hydrogen) atoms. The molecule has 5 rings (SSSR count). The second-order valence-electron chi connectivity index (χ2n) is 7.69. The summed E-state index contributed by atoms with van der Waals surface area (Å²) in [6.07, 6.45) is 12.3. The van der Waals surface area contributed by atoms with Crippen LogP contribution in [0, 0.1) is 23.2 Å². The summed E-state index contributed by atoms with van der Waals surface area (Å²) in [6, 6.07) is 0.847. The van der Waals surface area contributed by atoms with E-state index in [1.807, 2.05) is 0 Å². The van der Waals surface area contributed by atoms with Gasteiger partial charge in [-0.05, 0) is 86.0 Å². The molecule has 0 atom stereocenters. The Morgan fingerprint density at radius 1 is 0.889 bits per heavy atom. The highest BCUT2D eigenvalue weighted by Gasteiger charge is 2.50. The second-order valence-corrected chi connectivity index (χ2v) is 8.91. The molecule has 4 aliphatic carbocycles. The molecular weight excluding hydrogens is 238 g/mol. The zero-order valence-corrected chi connectivity index (χ0v) is 12.3. The lowest BCUT2D eigenvalue weighted by Gasteiger charge is -2.57. The van der Waals surface area contributed by atoms with E-state index < -0.39 is 0 Å². The molecule has 0 spiro atoms. The van der Waals surface area contributed by atoms with Gasteiger partial charge in [0.15, 0.2) is 0 Å². The molecule has 102 valence electrons. The molecule has 0 amide bonds. The van der Waals surface area contributed by atoms with Crippen molar-refractivity contribution < 1.29 is 0 Å². The molecule has 1 heterocycles. The monoisotopic (exact) mass is 265 g/mol. The van der Waals surface area contributed by atoms with Crippen molar-refractivity contribution in [1.29, 1.82) is 0 Å². The van der Waals surface area contributed by atoms with Crippen molar-refractivity contribution in [3.63, 3.8) is 0 Å². The molecule has 0 unspecified atom stereocenters. The Bertz CT molecular complexity index is 273. The standard InChI is InChI=1S/C16H27NS/c1-3-18-4-2-15(1)17-11-16-8-12-5-13(9-16)7-14(6-12)10-16/h12-15,17H,1-11H2. The molecule has 2 heteroatoms. The van der Waals surface area contributed by atoms with Crippen molar-refractivity contribution in [2.75, 3.05) is 18.1 Å². The van der Waals surface area contributed by atoms with Gasteiger partial charge >= 0.3 is 0 Å². The summed E-state index contributed by atoms with van der Waals surface area (Å²) in [5.74, 6) is 6.11. The molecule has 4 bridgehead atoms. The molecule has 0 aromatic heterocycles. The molecular formula is C16H27NS. The first-order valence-corrected chi connectivity index (χ1v) is 9.28. The third-order valence-corrected chi connectivity index (χ3v) is 7.20. The number of rotatable bonds is 3. The fraction of sp³-hybridized carbons (Fsp3) is 1.00. The fourth-order valence-corrected chi connectivity index (χ4v) is 6.88. The van der Waals surface area contributed by atoms with Crippen molar-refractivity contribution in [3.8, 4) is 0 Å². The molecule has 1 saturated heterocycles. The van der Waals surface area contributed by atoms with E-state index in [1.54, 1.807) is 38.5 Å². The molecule has 1 N–H and O–H groups in total. The van der Waals surface area contributed by atoms with Gasteiger partial charge in [-0.3, -0.25) is 0 Å². The normalized spacial score (nSPS) is 47.7. The average molecular weight is 265 g/mol. The summed E-state index contributed by atoms with van der Waals surface area (Å²) >= 11 is 2.14. The first kappa shape index (κ1) is 12.1. The number of hydrogen-bond donors (Lipinski definition) is 1. The zero-order valence-electron chi connectivity index (χ0n) is 11.5. The number of nitrogens with one attached hydrogen (secondary N) is 1. The maximum atomic E-state index is 3.97. The molecule has 0 aromatic rings. The molecule has 1 aliphatic heterocycles. The Labute approximate surface area is 116 Å². The van der Waals surface area contributed by atoms with Crippen LogP contribution in [0.25, 0.3) is 0 Å². The molecule has 5 aliphatic rings. The van der Waals surface area contributed by atoms with Crippen LogP contribution in [0.4, 0.5) is 0 Å². The highest BCUT2D eigenvalue weighted by molar-refractivity contribution is 7.99. The lowest BCUT2D eigenvalue weighted by atomic mass is 9.49. The van der Waals surface area contributed by atoms with Crippen molar-refractivity contribution in [2.24, 2.45) is 23.2 Å². The van der Waals surface area contributed by atoms with Gasteiger partial charge in [0.2, 0.25) is 0 Å². The van der Waals surface area contributed by atoms with Crippen molar-refractivity contribution >= 4 is 11.8 Å². The van der Waals surface area contributed by atoms with Crippen LogP contribution < -0.4 is 5.32 Å². The maximum Gasteiger partial charge on any atom is 0.00830 e. The van der Waals surface area contributed by atoms with Gasteiger partial charge in [-0.15, -0.1) is 0 Å². The van der Waals surface area contributed by atoms with E-state index in [0.29, 0.717) is 0 Å². The topological polar surface area (TPSA) is 12.0 Å². The Hall–Kier alpha value is 0.310. The quantitative estimate of drug-likeness (QED) is 0.835. The fourth-order valence-electron chi connectivity index (χ4n) is 5.77. The van der Waals surface area contributed by atoms with E-state index in [-0.39, 0.29) is 0 Å². The smallest absolute Gasteiger partial charge is 0.00830 e. The van der Waals surface area contributed by atoms with Gasteiger partial charge in [0.25, 0.3) is 0 Å². The summed E-state index contributed by atoms with van der Waals surface area (Å²) < 4.78 is 0. The van der Waals surface area contributed by atoms with Gasteiger partial charge in [-0.25, -0.2) is 0 Å². The largest absolute Gasteiger partial charge is 0.313 e. The molecule has 0 radical (unpaired) electrons. The van der Waals surface area contributed by atoms with Gasteiger partial charge < -0.3 is 5.32 Å². The maximum absolute atomic E-state index is 3.97. The van der Waals surface area contributed by atoms with Crippen molar-refractivity contribution in [1.82, 2.24) is 5.32 Å². The summed E-state index contributed by atoms with van der Waals surface area (Å²) in [5.41, 5.74) is 0.735. The molecule has 4 saturated carbocycles. The third-order valence-electron chi connectivity index (χ3n) is 6.15. The van der Waals surface area contributed by atoms with E-state index in [1.165, 1.54) is 30.9 Å². The highest BCUT2D eigenvalue weighted by Crippen LogP contribution is 2.59. The Kier molecular flexibility index (Phi) is 3.15. The minimum Gasteiger partial charge on any atom is -0.313 e. The summed E-state index contributed by atoms with van der Waals surface area (Å²) in [4.78, 5) is 0. The third kappa shape index (κ3) is 2.24. The second kappa shape index (κ2) is 4.70. The summed E-state index contributed by atoms with van der Waals surface area (Å²) in [6.45, 7) is 1.35. The minimum atomic E-state index is 0.735. The van der Waals surface area contributed by atoms with E-state index in [2.05, 4.69) is 17.1 Å². The lowest BCUT2D eigenvalue weighted by molar-refractivity contribution is -0.0525. The lowest BCUT2D eigenvalue weighted by Crippen LogP contribution is -2.52. The van der Waals surface area contributed by atoms with Gasteiger partial charge in [0.05, 0.1) is 0 Å². The van der Waals surface area contributed by atoms with Gasteiger partial charge in [0.1, 0.15) is 0 Å². The SMILES string of the molecule is C1CC(NCC23CC4CC(CC(C4)C2)C3)CCS1. The highest BCUT2D eigenvalue weighted by atomic mass is 32.2. The number of thioether (sulfide) groups is 1. The van der Waals surface area contributed by atoms with Crippen LogP contribution in [-0.2, 0) is 0 Å². The van der Waals surface area contributed by atoms with E-state index in [9.17, 15) is 0 Å². The van der Waals surface area contributed by atoms with Crippen molar-refractivity contribution in [3.05, 3.63) is 0 Å². The molecule has 1 nitrogen and oxygen atoms in total. The van der Waals surface area contributed by atoms with E-state index >= 15 is 0 Å². The van der Waals surface area contributed by atoms with Crippen LogP contribution in [0.1, 0.15) is 51.4 Å². The first-order valence-electron chi connectivity index (χ1n) is 8.12. The van der Waals surface area contributed by atoms with Crippen LogP contribution in [0.3, 0.4) is 0 Å². The number of hydrogen-bond acceptors (Lipinski definition) is 2. The van der Waals surface area contributed by atoms with Crippen molar-refractivity contribution in [2.45, 2.75) is 57.4 Å². The van der Waals surface area contributed by atoms with Crippen LogP contribution in [0.2, 0.25) is 0 Å². The van der Waals surface area contributed by atoms with Gasteiger partial charge in [-0.2, -0.15) is 11.8 Å². The molecule has 0 aromatic carbocycles.